The standard InChI is InChI=1S/C13H22N2O3S/c1-2-10-3-5-14(6-4-10)13(18)15-7-8-19-9-11(15)12(16)17/h10-11H,2-9H2,1H3,(H,16,17). The number of nitrogens with zero attached hydrogens (tertiary/aromatic N) is 2. The smallest absolute Gasteiger partial charge is 0.327 e. The van der Waals surface area contributed by atoms with Gasteiger partial charge in [-0.1, -0.05) is 13.3 Å². The molecular formula is C13H22N2O3S. The molecule has 1 unspecified atom stereocenters. The molecule has 6 heteroatoms. The molecule has 2 aliphatic rings. The van der Waals surface area contributed by atoms with Crippen molar-refractivity contribution in [3.05, 3.63) is 0 Å². The largest absolute Gasteiger partial charge is 0.480 e. The number of rotatable bonds is 2. The van der Waals surface area contributed by atoms with Crippen molar-refractivity contribution in [3.63, 3.8) is 0 Å². The van der Waals surface area contributed by atoms with E-state index in [1.165, 1.54) is 6.42 Å². The molecule has 2 heterocycles. The summed E-state index contributed by atoms with van der Waals surface area (Å²) in [6.07, 6.45) is 3.26. The maximum absolute atomic E-state index is 12.4. The van der Waals surface area contributed by atoms with Gasteiger partial charge in [0.05, 0.1) is 0 Å². The van der Waals surface area contributed by atoms with Crippen LogP contribution in [0.4, 0.5) is 4.79 Å². The summed E-state index contributed by atoms with van der Waals surface area (Å²) in [5, 5.41) is 9.21. The number of piperidine rings is 1. The molecule has 2 rings (SSSR count). The van der Waals surface area contributed by atoms with Crippen molar-refractivity contribution in [2.45, 2.75) is 32.2 Å². The molecule has 2 fully saturated rings. The molecule has 1 atom stereocenters. The van der Waals surface area contributed by atoms with Crippen LogP contribution in [-0.2, 0) is 4.79 Å². The number of urea groups is 1. The van der Waals surface area contributed by atoms with Gasteiger partial charge in [0, 0.05) is 31.1 Å². The molecule has 0 aromatic carbocycles. The van der Waals surface area contributed by atoms with Crippen molar-refractivity contribution in [3.8, 4) is 0 Å². The maximum Gasteiger partial charge on any atom is 0.327 e. The molecule has 19 heavy (non-hydrogen) atoms. The minimum atomic E-state index is -0.885. The van der Waals surface area contributed by atoms with E-state index in [0.29, 0.717) is 12.3 Å². The van der Waals surface area contributed by atoms with E-state index < -0.39 is 12.0 Å². The molecule has 0 aromatic rings. The fourth-order valence-corrected chi connectivity index (χ4v) is 3.79. The van der Waals surface area contributed by atoms with Crippen LogP contribution in [0.2, 0.25) is 0 Å². The Morgan fingerprint density at radius 1 is 1.26 bits per heavy atom. The lowest BCUT2D eigenvalue weighted by Crippen LogP contribution is -2.56. The number of amides is 2. The van der Waals surface area contributed by atoms with Crippen LogP contribution >= 0.6 is 11.8 Å². The Morgan fingerprint density at radius 3 is 2.53 bits per heavy atom. The van der Waals surface area contributed by atoms with Crippen LogP contribution in [0.25, 0.3) is 0 Å². The van der Waals surface area contributed by atoms with Crippen LogP contribution in [0.15, 0.2) is 0 Å². The number of carbonyl (C=O) groups is 2. The van der Waals surface area contributed by atoms with Crippen LogP contribution in [0.3, 0.4) is 0 Å². The summed E-state index contributed by atoms with van der Waals surface area (Å²) in [4.78, 5) is 27.0. The van der Waals surface area contributed by atoms with Gasteiger partial charge < -0.3 is 14.9 Å². The third kappa shape index (κ3) is 3.35. The van der Waals surface area contributed by atoms with Crippen molar-refractivity contribution in [2.75, 3.05) is 31.1 Å². The molecule has 2 amide bonds. The lowest BCUT2D eigenvalue weighted by atomic mass is 9.94. The van der Waals surface area contributed by atoms with Crippen LogP contribution in [0, 0.1) is 5.92 Å². The fourth-order valence-electron chi connectivity index (χ4n) is 2.75. The second kappa shape index (κ2) is 6.50. The first-order valence-electron chi connectivity index (χ1n) is 6.99. The number of likely N-dealkylation sites (tertiary alicyclic amines) is 1. The average Bonchev–Trinajstić information content (AvgIpc) is 2.46. The topological polar surface area (TPSA) is 60.9 Å². The summed E-state index contributed by atoms with van der Waals surface area (Å²) in [7, 11) is 0. The van der Waals surface area contributed by atoms with E-state index in [9.17, 15) is 14.7 Å². The van der Waals surface area contributed by atoms with E-state index in [1.54, 1.807) is 16.7 Å². The van der Waals surface area contributed by atoms with Gasteiger partial charge in [-0.3, -0.25) is 0 Å². The summed E-state index contributed by atoms with van der Waals surface area (Å²) in [5.74, 6) is 1.17. The number of carboxylic acids is 1. The molecule has 0 bridgehead atoms. The highest BCUT2D eigenvalue weighted by Crippen LogP contribution is 2.23. The van der Waals surface area contributed by atoms with Crippen molar-refractivity contribution in [2.24, 2.45) is 5.92 Å². The van der Waals surface area contributed by atoms with E-state index in [2.05, 4.69) is 6.92 Å². The fraction of sp³-hybridized carbons (Fsp3) is 0.846. The van der Waals surface area contributed by atoms with Gasteiger partial charge in [-0.05, 0) is 18.8 Å². The highest BCUT2D eigenvalue weighted by molar-refractivity contribution is 7.99. The molecule has 0 radical (unpaired) electrons. The van der Waals surface area contributed by atoms with Crippen molar-refractivity contribution >= 4 is 23.8 Å². The lowest BCUT2D eigenvalue weighted by molar-refractivity contribution is -0.141. The number of hydrogen-bond donors (Lipinski definition) is 1. The van der Waals surface area contributed by atoms with E-state index >= 15 is 0 Å². The predicted octanol–water partition coefficient (Wildman–Crippen LogP) is 1.73. The molecule has 0 aliphatic carbocycles. The Morgan fingerprint density at radius 2 is 1.95 bits per heavy atom. The average molecular weight is 286 g/mol. The number of aliphatic carboxylic acids is 1. The maximum atomic E-state index is 12.4. The molecule has 108 valence electrons. The number of carbonyl (C=O) groups excluding carboxylic acids is 1. The Kier molecular flexibility index (Phi) is 4.96. The van der Waals surface area contributed by atoms with Crippen molar-refractivity contribution in [1.29, 1.82) is 0 Å². The molecule has 2 aliphatic heterocycles. The van der Waals surface area contributed by atoms with Crippen molar-refractivity contribution < 1.29 is 14.7 Å². The molecule has 0 saturated carbocycles. The second-order valence-electron chi connectivity index (χ2n) is 5.24. The third-order valence-electron chi connectivity index (χ3n) is 4.12. The molecule has 5 nitrogen and oxygen atoms in total. The molecule has 0 spiro atoms. The predicted molar refractivity (Wildman–Crippen MR) is 75.4 cm³/mol. The Bertz CT molecular complexity index is 343. The Hall–Kier alpha value is -0.910. The van der Waals surface area contributed by atoms with Crippen LogP contribution in [0.1, 0.15) is 26.2 Å². The first-order valence-corrected chi connectivity index (χ1v) is 8.15. The highest BCUT2D eigenvalue weighted by Gasteiger charge is 2.35. The zero-order valence-electron chi connectivity index (χ0n) is 11.4. The molecule has 2 saturated heterocycles. The summed E-state index contributed by atoms with van der Waals surface area (Å²) in [5.41, 5.74) is 0. The van der Waals surface area contributed by atoms with E-state index in [4.69, 9.17) is 0 Å². The monoisotopic (exact) mass is 286 g/mol. The van der Waals surface area contributed by atoms with E-state index in [0.717, 1.165) is 37.6 Å². The Labute approximate surface area is 118 Å². The number of thioether (sulfide) groups is 1. The van der Waals surface area contributed by atoms with Crippen LogP contribution in [0.5, 0.6) is 0 Å². The first kappa shape index (κ1) is 14.5. The van der Waals surface area contributed by atoms with Gasteiger partial charge in [0.1, 0.15) is 6.04 Å². The van der Waals surface area contributed by atoms with Crippen LogP contribution in [-0.4, -0.2) is 64.1 Å². The highest BCUT2D eigenvalue weighted by atomic mass is 32.2. The van der Waals surface area contributed by atoms with Gasteiger partial charge in [-0.2, -0.15) is 11.8 Å². The van der Waals surface area contributed by atoms with Gasteiger partial charge in [0.25, 0.3) is 0 Å². The SMILES string of the molecule is CCC1CCN(C(=O)N2CCSCC2C(=O)O)CC1. The van der Waals surface area contributed by atoms with Crippen LogP contribution < -0.4 is 0 Å². The number of carboxylic acid groups (broad SMARTS) is 1. The molecule has 0 aromatic heterocycles. The summed E-state index contributed by atoms with van der Waals surface area (Å²) in [6.45, 7) is 4.28. The van der Waals surface area contributed by atoms with E-state index in [1.807, 2.05) is 4.90 Å². The Balaban J connectivity index is 1.96. The number of hydrogen-bond acceptors (Lipinski definition) is 3. The zero-order valence-corrected chi connectivity index (χ0v) is 12.2. The van der Waals surface area contributed by atoms with Gasteiger partial charge in [0.15, 0.2) is 0 Å². The summed E-state index contributed by atoms with van der Waals surface area (Å²) in [6, 6.07) is -0.739. The van der Waals surface area contributed by atoms with Crippen molar-refractivity contribution in [1.82, 2.24) is 9.80 Å². The molecule has 1 N–H and O–H groups in total. The summed E-state index contributed by atoms with van der Waals surface area (Å²) >= 11 is 1.61. The summed E-state index contributed by atoms with van der Waals surface area (Å²) < 4.78 is 0. The third-order valence-corrected chi connectivity index (χ3v) is 5.14. The minimum Gasteiger partial charge on any atom is -0.480 e. The lowest BCUT2D eigenvalue weighted by Gasteiger charge is -2.39. The van der Waals surface area contributed by atoms with Gasteiger partial charge in [-0.15, -0.1) is 0 Å². The minimum absolute atomic E-state index is 0.0812. The zero-order chi connectivity index (χ0) is 13.8. The van der Waals surface area contributed by atoms with Gasteiger partial charge >= 0.3 is 12.0 Å². The first-order chi connectivity index (χ1) is 9.13. The van der Waals surface area contributed by atoms with Gasteiger partial charge in [-0.25, -0.2) is 9.59 Å². The van der Waals surface area contributed by atoms with E-state index in [-0.39, 0.29) is 6.03 Å². The second-order valence-corrected chi connectivity index (χ2v) is 6.39. The molecular weight excluding hydrogens is 264 g/mol. The normalized spacial score (nSPS) is 25.4. The van der Waals surface area contributed by atoms with Gasteiger partial charge in [0.2, 0.25) is 0 Å². The quantitative estimate of drug-likeness (QED) is 0.840.